The highest BCUT2D eigenvalue weighted by molar-refractivity contribution is 9.10. The molecule has 7 heteroatoms. The molecule has 1 aromatic heterocycles. The molecular weight excluding hydrogens is 397 g/mol. The van der Waals surface area contributed by atoms with Gasteiger partial charge < -0.3 is 0 Å². The molecule has 0 fully saturated rings. The van der Waals surface area contributed by atoms with Crippen LogP contribution in [0.25, 0.3) is 16.8 Å². The summed E-state index contributed by atoms with van der Waals surface area (Å²) in [5.74, 6) is 0. The minimum absolute atomic E-state index is 0.230. The van der Waals surface area contributed by atoms with Gasteiger partial charge >= 0.3 is 6.18 Å². The Kier molecular flexibility index (Phi) is 4.60. The van der Waals surface area contributed by atoms with E-state index in [1.165, 1.54) is 16.8 Å². The molecule has 0 aliphatic rings. The molecule has 0 spiro atoms. The fraction of sp³-hybridized carbons (Fsp3) is 0.167. The molecule has 1 heterocycles. The van der Waals surface area contributed by atoms with Gasteiger partial charge in [0.25, 0.3) is 5.56 Å². The van der Waals surface area contributed by atoms with Crippen molar-refractivity contribution in [2.75, 3.05) is 0 Å². The van der Waals surface area contributed by atoms with Crippen LogP contribution in [0.4, 0.5) is 13.2 Å². The Labute approximate surface area is 150 Å². The number of rotatable bonds is 3. The van der Waals surface area contributed by atoms with E-state index in [-0.39, 0.29) is 16.7 Å². The zero-order valence-electron chi connectivity index (χ0n) is 13.2. The van der Waals surface area contributed by atoms with Crippen LogP contribution in [0.15, 0.2) is 64.0 Å². The first-order valence-corrected chi connectivity index (χ1v) is 8.36. The van der Waals surface area contributed by atoms with E-state index in [0.29, 0.717) is 12.2 Å². The molecule has 3 aromatic rings. The molecule has 2 aromatic carbocycles. The van der Waals surface area contributed by atoms with Crippen molar-refractivity contribution in [3.63, 3.8) is 0 Å². The maximum atomic E-state index is 13.0. The van der Waals surface area contributed by atoms with Crippen LogP contribution in [-0.4, -0.2) is 9.36 Å². The maximum Gasteiger partial charge on any atom is 0.416 e. The van der Waals surface area contributed by atoms with Crippen LogP contribution in [0, 0.1) is 0 Å². The predicted octanol–water partition coefficient (Wildman–Crippen LogP) is 5.11. The summed E-state index contributed by atoms with van der Waals surface area (Å²) in [7, 11) is 0. The Morgan fingerprint density at radius 3 is 2.44 bits per heavy atom. The number of aromatic nitrogens is 2. The molecule has 3 nitrogen and oxygen atoms in total. The number of aryl methyl sites for hydroxylation is 1. The van der Waals surface area contributed by atoms with Crippen molar-refractivity contribution >= 4 is 15.9 Å². The summed E-state index contributed by atoms with van der Waals surface area (Å²) in [6.07, 6.45) is -2.87. The van der Waals surface area contributed by atoms with Gasteiger partial charge in [-0.15, -0.1) is 0 Å². The van der Waals surface area contributed by atoms with Crippen molar-refractivity contribution in [1.29, 1.82) is 0 Å². The Morgan fingerprint density at radius 2 is 1.80 bits per heavy atom. The first-order valence-electron chi connectivity index (χ1n) is 7.57. The molecule has 0 saturated carbocycles. The highest BCUT2D eigenvalue weighted by Crippen LogP contribution is 2.31. The lowest BCUT2D eigenvalue weighted by atomic mass is 10.1. The minimum Gasteiger partial charge on any atom is -0.285 e. The Hall–Kier alpha value is -2.28. The predicted molar refractivity (Wildman–Crippen MR) is 93.8 cm³/mol. The molecule has 130 valence electrons. The molecule has 0 radical (unpaired) electrons. The highest BCUT2D eigenvalue weighted by atomic mass is 79.9. The van der Waals surface area contributed by atoms with Crippen LogP contribution in [0.3, 0.4) is 0 Å². The number of hydrogen-bond acceptors (Lipinski definition) is 1. The van der Waals surface area contributed by atoms with Crippen molar-refractivity contribution in [3.8, 4) is 16.8 Å². The van der Waals surface area contributed by atoms with Gasteiger partial charge in [0.2, 0.25) is 0 Å². The number of nitrogens with zero attached hydrogens (tertiary/aromatic N) is 2. The summed E-state index contributed by atoms with van der Waals surface area (Å²) in [4.78, 5) is 12.9. The van der Waals surface area contributed by atoms with E-state index in [9.17, 15) is 18.0 Å². The van der Waals surface area contributed by atoms with E-state index in [2.05, 4.69) is 15.9 Å². The van der Waals surface area contributed by atoms with Crippen LogP contribution in [-0.2, 0) is 12.7 Å². The molecule has 0 bridgehead atoms. The molecule has 0 amide bonds. The number of hydrogen-bond donors (Lipinski definition) is 0. The van der Waals surface area contributed by atoms with Gasteiger partial charge in [0, 0.05) is 17.2 Å². The van der Waals surface area contributed by atoms with Gasteiger partial charge in [0.1, 0.15) is 0 Å². The second kappa shape index (κ2) is 6.55. The Balaban J connectivity index is 2.19. The quantitative estimate of drug-likeness (QED) is 0.589. The van der Waals surface area contributed by atoms with Gasteiger partial charge in [0.05, 0.1) is 16.8 Å². The smallest absolute Gasteiger partial charge is 0.285 e. The topological polar surface area (TPSA) is 26.9 Å². The van der Waals surface area contributed by atoms with E-state index in [1.54, 1.807) is 29.1 Å². The van der Waals surface area contributed by atoms with Crippen LogP contribution in [0.2, 0.25) is 0 Å². The Morgan fingerprint density at radius 1 is 1.08 bits per heavy atom. The zero-order valence-corrected chi connectivity index (χ0v) is 14.8. The summed E-state index contributed by atoms with van der Waals surface area (Å²) >= 11 is 3.36. The molecule has 0 aliphatic carbocycles. The van der Waals surface area contributed by atoms with Crippen molar-refractivity contribution in [2.24, 2.45) is 0 Å². The summed E-state index contributed by atoms with van der Waals surface area (Å²) in [5.41, 5.74) is -0.0231. The fourth-order valence-corrected chi connectivity index (χ4v) is 3.05. The van der Waals surface area contributed by atoms with E-state index in [4.69, 9.17) is 0 Å². The van der Waals surface area contributed by atoms with Gasteiger partial charge in [-0.25, -0.2) is 4.68 Å². The van der Waals surface area contributed by atoms with Gasteiger partial charge in [-0.2, -0.15) is 13.2 Å². The standard InChI is InChI=1S/C18H14BrF3N2O/c1-2-23-11-16(12-5-3-6-13(9-12)18(20,21)22)17(25)24(23)15-8-4-7-14(19)10-15/h3-11H,2H2,1H3. The van der Waals surface area contributed by atoms with Crippen molar-refractivity contribution in [3.05, 3.63) is 75.1 Å². The average molecular weight is 411 g/mol. The molecule has 25 heavy (non-hydrogen) atoms. The monoisotopic (exact) mass is 410 g/mol. The summed E-state index contributed by atoms with van der Waals surface area (Å²) < 4.78 is 42.8. The Bertz CT molecular complexity index is 973. The van der Waals surface area contributed by atoms with Gasteiger partial charge in [-0.05, 0) is 42.8 Å². The van der Waals surface area contributed by atoms with Crippen molar-refractivity contribution < 1.29 is 13.2 Å². The van der Waals surface area contributed by atoms with Crippen molar-refractivity contribution in [1.82, 2.24) is 9.36 Å². The first-order chi connectivity index (χ1) is 11.8. The molecule has 0 atom stereocenters. The average Bonchev–Trinajstić information content (AvgIpc) is 2.91. The van der Waals surface area contributed by atoms with Gasteiger partial charge in [-0.3, -0.25) is 9.48 Å². The number of alkyl halides is 3. The largest absolute Gasteiger partial charge is 0.416 e. The summed E-state index contributed by atoms with van der Waals surface area (Å²) in [6, 6.07) is 12.0. The molecule has 0 unspecified atom stereocenters. The van der Waals surface area contributed by atoms with Crippen LogP contribution < -0.4 is 5.56 Å². The lowest BCUT2D eigenvalue weighted by molar-refractivity contribution is -0.137. The summed E-state index contributed by atoms with van der Waals surface area (Å²) in [6.45, 7) is 2.37. The molecule has 0 saturated heterocycles. The van der Waals surface area contributed by atoms with E-state index >= 15 is 0 Å². The second-order valence-corrected chi connectivity index (χ2v) is 6.39. The van der Waals surface area contributed by atoms with Gasteiger partial charge in [0.15, 0.2) is 0 Å². The number of halogens is 4. The lowest BCUT2D eigenvalue weighted by Gasteiger charge is -2.09. The molecular formula is C18H14BrF3N2O. The zero-order chi connectivity index (χ0) is 18.2. The maximum absolute atomic E-state index is 13.0. The van der Waals surface area contributed by atoms with E-state index in [1.807, 2.05) is 13.0 Å². The second-order valence-electron chi connectivity index (χ2n) is 5.47. The van der Waals surface area contributed by atoms with Crippen LogP contribution in [0.5, 0.6) is 0 Å². The molecule has 0 N–H and O–H groups in total. The normalized spacial score (nSPS) is 11.7. The van der Waals surface area contributed by atoms with Crippen molar-refractivity contribution in [2.45, 2.75) is 19.6 Å². The SMILES string of the molecule is CCn1cc(-c2cccc(C(F)(F)F)c2)c(=O)n1-c1cccc(Br)c1. The van der Waals surface area contributed by atoms with Crippen LogP contribution >= 0.6 is 15.9 Å². The van der Waals surface area contributed by atoms with Gasteiger partial charge in [-0.1, -0.05) is 34.1 Å². The third-order valence-electron chi connectivity index (χ3n) is 3.84. The van der Waals surface area contributed by atoms with E-state index in [0.717, 1.165) is 16.6 Å². The lowest BCUT2D eigenvalue weighted by Crippen LogP contribution is -2.21. The third-order valence-corrected chi connectivity index (χ3v) is 4.33. The third kappa shape index (κ3) is 3.42. The molecule has 0 aliphatic heterocycles. The molecule has 3 rings (SSSR count). The first kappa shape index (κ1) is 17.5. The fourth-order valence-electron chi connectivity index (χ4n) is 2.66. The highest BCUT2D eigenvalue weighted by Gasteiger charge is 2.30. The van der Waals surface area contributed by atoms with E-state index < -0.39 is 11.7 Å². The van der Waals surface area contributed by atoms with Crippen LogP contribution in [0.1, 0.15) is 12.5 Å². The number of benzene rings is 2. The minimum atomic E-state index is -4.45. The summed E-state index contributed by atoms with van der Waals surface area (Å²) in [5, 5.41) is 0.